The van der Waals surface area contributed by atoms with E-state index >= 15 is 0 Å². The van der Waals surface area contributed by atoms with Crippen LogP contribution in [0.1, 0.15) is 25.7 Å². The average Bonchev–Trinajstić information content (AvgIpc) is 2.08. The van der Waals surface area contributed by atoms with Crippen LogP contribution in [0, 0.1) is 0 Å². The van der Waals surface area contributed by atoms with Gasteiger partial charge in [0.25, 0.3) is 0 Å². The lowest BCUT2D eigenvalue weighted by Crippen LogP contribution is -2.39. The van der Waals surface area contributed by atoms with Crippen LogP contribution in [0.4, 0.5) is 0 Å². The second kappa shape index (κ2) is 7.24. The average molecular weight is 193 g/mol. The van der Waals surface area contributed by atoms with E-state index in [4.69, 9.17) is 0 Å². The summed E-state index contributed by atoms with van der Waals surface area (Å²) >= 11 is 0. The Kier molecular flexibility index (Phi) is 6.36. The van der Waals surface area contributed by atoms with Gasteiger partial charge in [0.15, 0.2) is 0 Å². The Balaban J connectivity index is 2.02. The fourth-order valence-corrected chi connectivity index (χ4v) is 2.40. The molecule has 11 heavy (non-hydrogen) atoms. The van der Waals surface area contributed by atoms with Crippen molar-refractivity contribution in [1.29, 1.82) is 0 Å². The normalized spacial score (nSPS) is 24.0. The van der Waals surface area contributed by atoms with Gasteiger partial charge in [-0.3, -0.25) is 0 Å². The van der Waals surface area contributed by atoms with Crippen LogP contribution in [-0.2, 0) is 0 Å². The van der Waals surface area contributed by atoms with Gasteiger partial charge in [-0.2, -0.15) is 10.4 Å². The molecule has 0 aromatic heterocycles. The summed E-state index contributed by atoms with van der Waals surface area (Å²) in [5, 5.41) is 0. The summed E-state index contributed by atoms with van der Waals surface area (Å²) in [5.74, 6) is 1.25. The molecule has 0 aliphatic carbocycles. The molecule has 1 heterocycles. The molecule has 0 saturated carbocycles. The van der Waals surface area contributed by atoms with E-state index in [2.05, 4.69) is 15.8 Å². The van der Waals surface area contributed by atoms with Crippen LogP contribution in [-0.4, -0.2) is 12.3 Å². The van der Waals surface area contributed by atoms with Gasteiger partial charge < -0.3 is 0 Å². The van der Waals surface area contributed by atoms with Crippen molar-refractivity contribution in [3.05, 3.63) is 0 Å². The standard InChI is InChI=1S/C6H15N3S2/c1-2-4-6-10-11-9-8-7-5-3-1/h7-9H,1-6H2. The Morgan fingerprint density at radius 3 is 2.91 bits per heavy atom. The first kappa shape index (κ1) is 9.67. The van der Waals surface area contributed by atoms with Crippen LogP contribution < -0.4 is 15.8 Å². The summed E-state index contributed by atoms with van der Waals surface area (Å²) in [6.07, 6.45) is 5.33. The van der Waals surface area contributed by atoms with Crippen LogP contribution in [0.25, 0.3) is 0 Å². The zero-order chi connectivity index (χ0) is 7.78. The molecule has 0 aromatic carbocycles. The smallest absolute Gasteiger partial charge is 0.0113 e. The lowest BCUT2D eigenvalue weighted by atomic mass is 10.2. The van der Waals surface area contributed by atoms with Crippen molar-refractivity contribution < 1.29 is 0 Å². The summed E-state index contributed by atoms with van der Waals surface area (Å²) < 4.78 is 0. The Hall–Kier alpha value is 0.580. The molecule has 3 N–H and O–H groups in total. The zero-order valence-corrected chi connectivity index (χ0v) is 8.19. The Morgan fingerprint density at radius 1 is 1.00 bits per heavy atom. The molecule has 0 aromatic rings. The van der Waals surface area contributed by atoms with E-state index in [1.54, 1.807) is 11.0 Å². The van der Waals surface area contributed by atoms with Gasteiger partial charge in [0.2, 0.25) is 0 Å². The summed E-state index contributed by atoms with van der Waals surface area (Å²) in [6.45, 7) is 1.05. The van der Waals surface area contributed by atoms with Gasteiger partial charge in [-0.25, -0.2) is 5.43 Å². The Morgan fingerprint density at radius 2 is 1.91 bits per heavy atom. The first-order valence-corrected chi connectivity index (χ1v) is 6.33. The number of hydrogen-bond donors (Lipinski definition) is 3. The third-order valence-corrected chi connectivity index (χ3v) is 3.38. The summed E-state index contributed by atoms with van der Waals surface area (Å²) in [5.41, 5.74) is 6.01. The van der Waals surface area contributed by atoms with Gasteiger partial charge in [0.1, 0.15) is 0 Å². The molecular weight excluding hydrogens is 178 g/mol. The van der Waals surface area contributed by atoms with E-state index in [0.29, 0.717) is 0 Å². The number of rotatable bonds is 0. The fraction of sp³-hybridized carbons (Fsp3) is 1.00. The van der Waals surface area contributed by atoms with Crippen LogP contribution >= 0.6 is 21.8 Å². The second-order valence-electron chi connectivity index (χ2n) is 2.47. The quantitative estimate of drug-likeness (QED) is 0.401. The molecule has 0 amide bonds. The number of hydrazine groups is 2. The van der Waals surface area contributed by atoms with Gasteiger partial charge in [-0.15, -0.1) is 0 Å². The molecular formula is C6H15N3S2. The van der Waals surface area contributed by atoms with E-state index in [9.17, 15) is 0 Å². The molecule has 1 aliphatic rings. The van der Waals surface area contributed by atoms with Crippen molar-refractivity contribution in [2.24, 2.45) is 0 Å². The molecule has 1 rings (SSSR count). The SMILES string of the molecule is C1CCCSSNNNCC1. The summed E-state index contributed by atoms with van der Waals surface area (Å²) in [7, 11) is 3.52. The third-order valence-electron chi connectivity index (χ3n) is 1.52. The van der Waals surface area contributed by atoms with E-state index in [0.717, 1.165) is 6.54 Å². The van der Waals surface area contributed by atoms with Gasteiger partial charge in [-0.1, -0.05) is 23.6 Å². The molecule has 5 heteroatoms. The molecule has 1 aliphatic heterocycles. The van der Waals surface area contributed by atoms with Crippen LogP contribution in [0.5, 0.6) is 0 Å². The maximum Gasteiger partial charge on any atom is 0.0113 e. The first-order chi connectivity index (χ1) is 5.50. The molecule has 1 saturated heterocycles. The minimum absolute atomic E-state index is 1.05. The molecule has 0 spiro atoms. The van der Waals surface area contributed by atoms with E-state index in [1.165, 1.54) is 31.4 Å². The van der Waals surface area contributed by atoms with Crippen molar-refractivity contribution in [2.75, 3.05) is 12.3 Å². The molecule has 0 bridgehead atoms. The van der Waals surface area contributed by atoms with Crippen LogP contribution in [0.2, 0.25) is 0 Å². The van der Waals surface area contributed by atoms with Crippen molar-refractivity contribution in [3.8, 4) is 0 Å². The highest BCUT2D eigenvalue weighted by Gasteiger charge is 1.94. The number of hydrogen-bond acceptors (Lipinski definition) is 5. The lowest BCUT2D eigenvalue weighted by Gasteiger charge is -2.04. The van der Waals surface area contributed by atoms with Crippen molar-refractivity contribution >= 4 is 21.8 Å². The third kappa shape index (κ3) is 5.81. The highest BCUT2D eigenvalue weighted by atomic mass is 33.1. The monoisotopic (exact) mass is 193 g/mol. The molecule has 66 valence electrons. The minimum atomic E-state index is 1.05. The predicted molar refractivity (Wildman–Crippen MR) is 52.8 cm³/mol. The highest BCUT2D eigenvalue weighted by molar-refractivity contribution is 8.75. The van der Waals surface area contributed by atoms with Crippen LogP contribution in [0.15, 0.2) is 0 Å². The highest BCUT2D eigenvalue weighted by Crippen LogP contribution is 2.18. The molecule has 0 atom stereocenters. The van der Waals surface area contributed by atoms with E-state index < -0.39 is 0 Å². The van der Waals surface area contributed by atoms with Crippen LogP contribution in [0.3, 0.4) is 0 Å². The topological polar surface area (TPSA) is 36.1 Å². The summed E-state index contributed by atoms with van der Waals surface area (Å²) in [6, 6.07) is 0. The maximum absolute atomic E-state index is 3.09. The van der Waals surface area contributed by atoms with Gasteiger partial charge in [0, 0.05) is 23.3 Å². The molecule has 0 radical (unpaired) electrons. The molecule has 3 nitrogen and oxygen atoms in total. The van der Waals surface area contributed by atoms with Crippen molar-refractivity contribution in [1.82, 2.24) is 15.8 Å². The van der Waals surface area contributed by atoms with Crippen molar-refractivity contribution in [2.45, 2.75) is 25.7 Å². The minimum Gasteiger partial charge on any atom is -0.243 e. The zero-order valence-electron chi connectivity index (χ0n) is 6.56. The summed E-state index contributed by atoms with van der Waals surface area (Å²) in [4.78, 5) is 3.00. The Labute approximate surface area is 75.9 Å². The molecule has 0 unspecified atom stereocenters. The lowest BCUT2D eigenvalue weighted by molar-refractivity contribution is 0.499. The predicted octanol–water partition coefficient (Wildman–Crippen LogP) is 1.46. The number of nitrogens with one attached hydrogen (secondary N) is 3. The van der Waals surface area contributed by atoms with Gasteiger partial charge in [-0.05, 0) is 12.8 Å². The van der Waals surface area contributed by atoms with Gasteiger partial charge in [0.05, 0.1) is 0 Å². The van der Waals surface area contributed by atoms with Gasteiger partial charge >= 0.3 is 0 Å². The first-order valence-electron chi connectivity index (χ1n) is 4.01. The van der Waals surface area contributed by atoms with E-state index in [1.807, 2.05) is 10.8 Å². The Bertz CT molecular complexity index is 53.8. The van der Waals surface area contributed by atoms with Crippen molar-refractivity contribution in [3.63, 3.8) is 0 Å². The maximum atomic E-state index is 3.09. The largest absolute Gasteiger partial charge is 0.243 e. The second-order valence-corrected chi connectivity index (χ2v) is 4.70. The van der Waals surface area contributed by atoms with E-state index in [-0.39, 0.29) is 0 Å². The fourth-order valence-electron chi connectivity index (χ4n) is 0.918. The molecule has 1 fully saturated rings.